The second-order valence-corrected chi connectivity index (χ2v) is 12.4. The minimum absolute atomic E-state index is 0.169. The number of hydrogen-bond donors (Lipinski definition) is 0. The van der Waals surface area contributed by atoms with Crippen LogP contribution in [0, 0.1) is 6.92 Å². The van der Waals surface area contributed by atoms with Gasteiger partial charge in [-0.3, -0.25) is 4.79 Å². The second kappa shape index (κ2) is 13.4. The summed E-state index contributed by atoms with van der Waals surface area (Å²) in [6.45, 7) is 4.81. The Kier molecular flexibility index (Phi) is 10.6. The summed E-state index contributed by atoms with van der Waals surface area (Å²) in [5.74, 6) is 1.03. The van der Waals surface area contributed by atoms with E-state index in [2.05, 4.69) is 15.9 Å². The fraction of sp³-hybridized carbons (Fsp3) is 0.370. The molecule has 0 unspecified atom stereocenters. The number of carbonyl (C=O) groups excluding carboxylic acids is 1. The van der Waals surface area contributed by atoms with E-state index in [9.17, 15) is 13.2 Å². The molecule has 1 aromatic heterocycles. The van der Waals surface area contributed by atoms with Gasteiger partial charge in [-0.1, -0.05) is 28.9 Å². The van der Waals surface area contributed by atoms with Gasteiger partial charge in [0.05, 0.1) is 32.2 Å². The molecular weight excluding hydrogens is 576 g/mol. The van der Waals surface area contributed by atoms with Crippen molar-refractivity contribution in [3.05, 3.63) is 74.4 Å². The summed E-state index contributed by atoms with van der Waals surface area (Å²) < 4.78 is 39.6. The van der Waals surface area contributed by atoms with Crippen molar-refractivity contribution in [3.63, 3.8) is 0 Å². The third-order valence-electron chi connectivity index (χ3n) is 6.01. The Balaban J connectivity index is 1.83. The van der Waals surface area contributed by atoms with Crippen molar-refractivity contribution < 1.29 is 22.7 Å². The predicted octanol–water partition coefficient (Wildman–Crippen LogP) is 5.51. The topological polar surface area (TPSA) is 76.2 Å². The highest BCUT2D eigenvalue weighted by molar-refractivity contribution is 9.10. The van der Waals surface area contributed by atoms with Gasteiger partial charge in [-0.05, 0) is 78.7 Å². The van der Waals surface area contributed by atoms with Crippen molar-refractivity contribution in [2.45, 2.75) is 38.1 Å². The Morgan fingerprint density at radius 1 is 1.00 bits per heavy atom. The molecule has 200 valence electrons. The van der Waals surface area contributed by atoms with E-state index in [1.165, 1.54) is 4.31 Å². The van der Waals surface area contributed by atoms with Crippen molar-refractivity contribution in [1.29, 1.82) is 0 Å². The van der Waals surface area contributed by atoms with Crippen LogP contribution in [-0.2, 0) is 27.8 Å². The van der Waals surface area contributed by atoms with Gasteiger partial charge in [0.2, 0.25) is 15.9 Å². The van der Waals surface area contributed by atoms with Crippen LogP contribution in [0.25, 0.3) is 0 Å². The van der Waals surface area contributed by atoms with Crippen LogP contribution < -0.4 is 9.47 Å². The Bertz CT molecular complexity index is 1290. The molecule has 0 fully saturated rings. The standard InChI is InChI=1S/C27H33BrN2O5S2/c1-5-14-30(37(32,33)23-9-7-22(28)8-10-23)19-27(31)29(18-26-20(2)13-16-36-26)15-12-21-6-11-24(34-3)25(17-21)35-4/h6-11,13,16-17H,5,12,14-15,18-19H2,1-4H3. The lowest BCUT2D eigenvalue weighted by atomic mass is 10.1. The smallest absolute Gasteiger partial charge is 0.243 e. The van der Waals surface area contributed by atoms with E-state index < -0.39 is 10.0 Å². The molecule has 7 nitrogen and oxygen atoms in total. The van der Waals surface area contributed by atoms with Gasteiger partial charge < -0.3 is 14.4 Å². The SMILES string of the molecule is CCCN(CC(=O)N(CCc1ccc(OC)c(OC)c1)Cc1sccc1C)S(=O)(=O)c1ccc(Br)cc1. The maximum absolute atomic E-state index is 13.6. The molecule has 0 radical (unpaired) electrons. The molecule has 0 aliphatic carbocycles. The third-order valence-corrected chi connectivity index (χ3v) is 9.41. The number of amides is 1. The molecule has 0 aliphatic heterocycles. The number of rotatable bonds is 13. The summed E-state index contributed by atoms with van der Waals surface area (Å²) in [7, 11) is -0.648. The van der Waals surface area contributed by atoms with Crippen molar-refractivity contribution in [3.8, 4) is 11.5 Å². The lowest BCUT2D eigenvalue weighted by molar-refractivity contribution is -0.132. The average Bonchev–Trinajstić information content (AvgIpc) is 3.30. The van der Waals surface area contributed by atoms with Gasteiger partial charge in [-0.25, -0.2) is 8.42 Å². The lowest BCUT2D eigenvalue weighted by Crippen LogP contribution is -2.43. The number of hydrogen-bond acceptors (Lipinski definition) is 6. The highest BCUT2D eigenvalue weighted by Crippen LogP contribution is 2.28. The zero-order valence-corrected chi connectivity index (χ0v) is 24.8. The zero-order chi connectivity index (χ0) is 27.0. The van der Waals surface area contributed by atoms with Crippen LogP contribution in [0.4, 0.5) is 0 Å². The molecule has 2 aromatic carbocycles. The van der Waals surface area contributed by atoms with Crippen LogP contribution >= 0.6 is 27.3 Å². The Morgan fingerprint density at radius 2 is 1.70 bits per heavy atom. The average molecular weight is 610 g/mol. The molecule has 0 atom stereocenters. The Hall–Kier alpha value is -2.40. The van der Waals surface area contributed by atoms with Crippen molar-refractivity contribution in [2.75, 3.05) is 33.9 Å². The summed E-state index contributed by atoms with van der Waals surface area (Å²) in [6.07, 6.45) is 1.18. The number of methoxy groups -OCH3 is 2. The lowest BCUT2D eigenvalue weighted by Gasteiger charge is -2.27. The van der Waals surface area contributed by atoms with E-state index in [1.54, 1.807) is 54.7 Å². The van der Waals surface area contributed by atoms with E-state index in [4.69, 9.17) is 9.47 Å². The van der Waals surface area contributed by atoms with Crippen LogP contribution in [0.1, 0.15) is 29.3 Å². The van der Waals surface area contributed by atoms with Crippen LogP contribution in [0.5, 0.6) is 11.5 Å². The van der Waals surface area contributed by atoms with E-state index in [0.717, 1.165) is 20.5 Å². The highest BCUT2D eigenvalue weighted by Gasteiger charge is 2.28. The molecule has 3 aromatic rings. The van der Waals surface area contributed by atoms with Gasteiger partial charge in [-0.15, -0.1) is 11.3 Å². The molecule has 0 aliphatic rings. The van der Waals surface area contributed by atoms with Crippen LogP contribution in [-0.4, -0.2) is 57.4 Å². The van der Waals surface area contributed by atoms with E-state index in [0.29, 0.717) is 37.4 Å². The maximum atomic E-state index is 13.6. The van der Waals surface area contributed by atoms with E-state index in [-0.39, 0.29) is 23.9 Å². The maximum Gasteiger partial charge on any atom is 0.243 e. The summed E-state index contributed by atoms with van der Waals surface area (Å²) in [5, 5.41) is 2.00. The number of carbonyl (C=O) groups is 1. The molecule has 10 heteroatoms. The number of sulfonamides is 1. The highest BCUT2D eigenvalue weighted by atomic mass is 79.9. The monoisotopic (exact) mass is 608 g/mol. The Morgan fingerprint density at radius 3 is 2.30 bits per heavy atom. The molecule has 0 saturated carbocycles. The van der Waals surface area contributed by atoms with Gasteiger partial charge in [-0.2, -0.15) is 4.31 Å². The van der Waals surface area contributed by atoms with Crippen LogP contribution in [0.15, 0.2) is 63.3 Å². The summed E-state index contributed by atoms with van der Waals surface area (Å²) in [5.41, 5.74) is 2.10. The molecule has 37 heavy (non-hydrogen) atoms. The second-order valence-electron chi connectivity index (χ2n) is 8.57. The van der Waals surface area contributed by atoms with Crippen molar-refractivity contribution >= 4 is 43.2 Å². The zero-order valence-electron chi connectivity index (χ0n) is 21.6. The third kappa shape index (κ3) is 7.56. The van der Waals surface area contributed by atoms with Crippen molar-refractivity contribution in [1.82, 2.24) is 9.21 Å². The van der Waals surface area contributed by atoms with E-state index in [1.807, 2.05) is 43.5 Å². The molecule has 1 amide bonds. The summed E-state index contributed by atoms with van der Waals surface area (Å²) >= 11 is 4.94. The number of nitrogens with zero attached hydrogens (tertiary/aromatic N) is 2. The fourth-order valence-electron chi connectivity index (χ4n) is 3.87. The van der Waals surface area contributed by atoms with Gasteiger partial charge in [0.15, 0.2) is 11.5 Å². The van der Waals surface area contributed by atoms with Crippen LogP contribution in [0.2, 0.25) is 0 Å². The number of benzene rings is 2. The normalized spacial score (nSPS) is 11.5. The fourth-order valence-corrected chi connectivity index (χ4v) is 6.54. The molecule has 0 saturated heterocycles. The quantitative estimate of drug-likeness (QED) is 0.256. The molecule has 1 heterocycles. The van der Waals surface area contributed by atoms with E-state index >= 15 is 0 Å². The number of halogens is 1. The minimum Gasteiger partial charge on any atom is -0.493 e. The molecule has 0 spiro atoms. The first kappa shape index (κ1) is 29.2. The first-order valence-electron chi connectivity index (χ1n) is 12.0. The van der Waals surface area contributed by atoms with Crippen molar-refractivity contribution in [2.24, 2.45) is 0 Å². The summed E-state index contributed by atoms with van der Waals surface area (Å²) in [4.78, 5) is 16.6. The minimum atomic E-state index is -3.83. The predicted molar refractivity (Wildman–Crippen MR) is 151 cm³/mol. The molecule has 3 rings (SSSR count). The van der Waals surface area contributed by atoms with Gasteiger partial charge in [0.1, 0.15) is 0 Å². The summed E-state index contributed by atoms with van der Waals surface area (Å²) in [6, 6.07) is 14.2. The van der Waals surface area contributed by atoms with Gasteiger partial charge in [0.25, 0.3) is 0 Å². The van der Waals surface area contributed by atoms with Crippen LogP contribution in [0.3, 0.4) is 0 Å². The first-order valence-corrected chi connectivity index (χ1v) is 15.1. The number of ether oxygens (including phenoxy) is 2. The largest absolute Gasteiger partial charge is 0.493 e. The Labute approximate surface area is 232 Å². The number of thiophene rings is 1. The van der Waals surface area contributed by atoms with Gasteiger partial charge >= 0.3 is 0 Å². The molecule has 0 bridgehead atoms. The molecular formula is C27H33BrN2O5S2. The number of aryl methyl sites for hydroxylation is 1. The van der Waals surface area contributed by atoms with Gasteiger partial charge in [0, 0.05) is 22.4 Å². The molecule has 0 N–H and O–H groups in total. The first-order chi connectivity index (χ1) is 17.7.